The van der Waals surface area contributed by atoms with Crippen LogP contribution in [-0.4, -0.2) is 34.7 Å². The summed E-state index contributed by atoms with van der Waals surface area (Å²) in [6.45, 7) is 0. The number of fused-ring (bicyclic) bond motifs is 2. The van der Waals surface area contributed by atoms with E-state index in [0.717, 1.165) is 39.1 Å². The van der Waals surface area contributed by atoms with E-state index in [1.807, 2.05) is 31.3 Å². The summed E-state index contributed by atoms with van der Waals surface area (Å²) in [5, 5.41) is 1.96. The first-order valence-corrected chi connectivity index (χ1v) is 7.81. The van der Waals surface area contributed by atoms with Crippen LogP contribution in [0.25, 0.3) is 33.3 Å². The van der Waals surface area contributed by atoms with Crippen molar-refractivity contribution in [3.8, 4) is 17.1 Å². The Morgan fingerprint density at radius 1 is 1.12 bits per heavy atom. The van der Waals surface area contributed by atoms with Crippen molar-refractivity contribution in [3.05, 3.63) is 48.2 Å². The molecular formula is C19H17N3O3. The molecule has 0 atom stereocenters. The Morgan fingerprint density at radius 2 is 1.96 bits per heavy atom. The van der Waals surface area contributed by atoms with E-state index < -0.39 is 5.97 Å². The van der Waals surface area contributed by atoms with E-state index in [-0.39, 0.29) is 0 Å². The molecule has 0 fully saturated rings. The number of aromatic amines is 1. The lowest BCUT2D eigenvalue weighted by atomic mass is 10.2. The van der Waals surface area contributed by atoms with E-state index in [1.54, 1.807) is 13.2 Å². The molecule has 0 bridgehead atoms. The fourth-order valence-electron chi connectivity index (χ4n) is 3.10. The Balaban J connectivity index is 1.85. The van der Waals surface area contributed by atoms with Crippen molar-refractivity contribution in [2.75, 3.05) is 14.2 Å². The number of H-pyrrole nitrogens is 1. The molecule has 6 nitrogen and oxygen atoms in total. The van der Waals surface area contributed by atoms with Crippen LogP contribution in [-0.2, 0) is 11.8 Å². The second kappa shape index (κ2) is 5.66. The van der Waals surface area contributed by atoms with Gasteiger partial charge in [-0.2, -0.15) is 0 Å². The number of esters is 1. The molecule has 0 aliphatic carbocycles. The predicted molar refractivity (Wildman–Crippen MR) is 95.9 cm³/mol. The van der Waals surface area contributed by atoms with Crippen molar-refractivity contribution < 1.29 is 14.3 Å². The highest BCUT2D eigenvalue weighted by Gasteiger charge is 2.13. The predicted octanol–water partition coefficient (Wildman–Crippen LogP) is 3.52. The van der Waals surface area contributed by atoms with Crippen LogP contribution >= 0.6 is 0 Å². The normalized spacial score (nSPS) is 11.2. The summed E-state index contributed by atoms with van der Waals surface area (Å²) in [5.74, 6) is 0.430. The molecular weight excluding hydrogens is 318 g/mol. The van der Waals surface area contributed by atoms with Gasteiger partial charge in [0.15, 0.2) is 0 Å². The summed E-state index contributed by atoms with van der Waals surface area (Å²) in [6.07, 6.45) is 1.51. The van der Waals surface area contributed by atoms with Crippen LogP contribution in [0.2, 0.25) is 0 Å². The van der Waals surface area contributed by atoms with Crippen LogP contribution in [0.4, 0.5) is 0 Å². The van der Waals surface area contributed by atoms with Crippen LogP contribution < -0.4 is 4.74 Å². The Kier molecular flexibility index (Phi) is 3.46. The molecule has 4 rings (SSSR count). The summed E-state index contributed by atoms with van der Waals surface area (Å²) in [5.41, 5.74) is 4.23. The summed E-state index contributed by atoms with van der Waals surface area (Å²) in [7, 11) is 5.04. The van der Waals surface area contributed by atoms with E-state index in [1.165, 1.54) is 13.3 Å². The first-order chi connectivity index (χ1) is 12.1. The maximum Gasteiger partial charge on any atom is 0.339 e. The molecule has 1 N–H and O–H groups in total. The molecule has 6 heteroatoms. The quantitative estimate of drug-likeness (QED) is 0.582. The van der Waals surface area contributed by atoms with Gasteiger partial charge in [0, 0.05) is 29.5 Å². The minimum atomic E-state index is -0.395. The van der Waals surface area contributed by atoms with Crippen LogP contribution in [0.15, 0.2) is 42.6 Å². The van der Waals surface area contributed by atoms with E-state index in [2.05, 4.69) is 20.6 Å². The van der Waals surface area contributed by atoms with Crippen molar-refractivity contribution in [2.24, 2.45) is 7.05 Å². The highest BCUT2D eigenvalue weighted by Crippen LogP contribution is 2.30. The minimum absolute atomic E-state index is 0.395. The van der Waals surface area contributed by atoms with Gasteiger partial charge in [-0.15, -0.1) is 0 Å². The smallest absolute Gasteiger partial charge is 0.339 e. The van der Waals surface area contributed by atoms with E-state index >= 15 is 0 Å². The standard InChI is InChI=1S/C19H17N3O3/c1-22-16-5-4-14(24-2)7-11(16)9-17(22)15-8-12-6-13(19(23)25-3)10-20-18(12)21-15/h4-10H,1-3H3,(H,20,21). The van der Waals surface area contributed by atoms with Crippen molar-refractivity contribution in [1.29, 1.82) is 0 Å². The Bertz CT molecular complexity index is 1110. The number of pyridine rings is 1. The van der Waals surface area contributed by atoms with Gasteiger partial charge in [0.2, 0.25) is 0 Å². The van der Waals surface area contributed by atoms with Crippen LogP contribution in [0.3, 0.4) is 0 Å². The lowest BCUT2D eigenvalue weighted by Gasteiger charge is -2.02. The summed E-state index contributed by atoms with van der Waals surface area (Å²) in [4.78, 5) is 19.3. The van der Waals surface area contributed by atoms with E-state index in [0.29, 0.717) is 5.56 Å². The average molecular weight is 335 g/mol. The van der Waals surface area contributed by atoms with Gasteiger partial charge >= 0.3 is 5.97 Å². The number of ether oxygens (including phenoxy) is 2. The van der Waals surface area contributed by atoms with Gasteiger partial charge in [-0.05, 0) is 36.4 Å². The maximum absolute atomic E-state index is 11.7. The molecule has 0 aliphatic heterocycles. The molecule has 4 aromatic rings. The number of hydrogen-bond acceptors (Lipinski definition) is 4. The number of aromatic nitrogens is 3. The second-order valence-electron chi connectivity index (χ2n) is 5.85. The van der Waals surface area contributed by atoms with Crippen molar-refractivity contribution >= 4 is 27.9 Å². The number of nitrogens with zero attached hydrogens (tertiary/aromatic N) is 2. The number of hydrogen-bond donors (Lipinski definition) is 1. The first-order valence-electron chi connectivity index (χ1n) is 7.81. The van der Waals surface area contributed by atoms with Crippen LogP contribution in [0.1, 0.15) is 10.4 Å². The molecule has 0 amide bonds. The zero-order chi connectivity index (χ0) is 17.6. The molecule has 1 aromatic carbocycles. The zero-order valence-electron chi connectivity index (χ0n) is 14.2. The average Bonchev–Trinajstić information content (AvgIpc) is 3.20. The number of carbonyl (C=O) groups is 1. The highest BCUT2D eigenvalue weighted by molar-refractivity contribution is 5.95. The zero-order valence-corrected chi connectivity index (χ0v) is 14.2. The Morgan fingerprint density at radius 3 is 2.72 bits per heavy atom. The first kappa shape index (κ1) is 15.3. The summed E-state index contributed by atoms with van der Waals surface area (Å²) < 4.78 is 12.2. The fourth-order valence-corrected chi connectivity index (χ4v) is 3.10. The van der Waals surface area contributed by atoms with Crippen molar-refractivity contribution in [3.63, 3.8) is 0 Å². The number of benzene rings is 1. The topological polar surface area (TPSA) is 69.1 Å². The van der Waals surface area contributed by atoms with Crippen LogP contribution in [0, 0.1) is 0 Å². The third-order valence-electron chi connectivity index (χ3n) is 4.42. The van der Waals surface area contributed by atoms with Gasteiger partial charge < -0.3 is 19.0 Å². The van der Waals surface area contributed by atoms with E-state index in [4.69, 9.17) is 9.47 Å². The lowest BCUT2D eigenvalue weighted by Crippen LogP contribution is -2.01. The number of carbonyl (C=O) groups excluding carboxylic acids is 1. The molecule has 0 unspecified atom stereocenters. The number of aryl methyl sites for hydroxylation is 1. The molecule has 3 aromatic heterocycles. The van der Waals surface area contributed by atoms with Gasteiger partial charge in [0.25, 0.3) is 0 Å². The lowest BCUT2D eigenvalue weighted by molar-refractivity contribution is 0.0600. The molecule has 0 spiro atoms. The Hall–Kier alpha value is -3.28. The van der Waals surface area contributed by atoms with Gasteiger partial charge in [-0.25, -0.2) is 9.78 Å². The van der Waals surface area contributed by atoms with Gasteiger partial charge in [-0.3, -0.25) is 0 Å². The number of methoxy groups -OCH3 is 2. The summed E-state index contributed by atoms with van der Waals surface area (Å²) >= 11 is 0. The van der Waals surface area contributed by atoms with E-state index in [9.17, 15) is 4.79 Å². The third-order valence-corrected chi connectivity index (χ3v) is 4.42. The van der Waals surface area contributed by atoms with Gasteiger partial charge in [-0.1, -0.05) is 0 Å². The molecule has 126 valence electrons. The minimum Gasteiger partial charge on any atom is -0.497 e. The van der Waals surface area contributed by atoms with Crippen LogP contribution in [0.5, 0.6) is 5.75 Å². The molecule has 0 aliphatic rings. The highest BCUT2D eigenvalue weighted by atomic mass is 16.5. The SMILES string of the molecule is COC(=O)c1cnc2[nH]c(-c3cc4cc(OC)ccc4n3C)cc2c1. The largest absolute Gasteiger partial charge is 0.497 e. The molecule has 25 heavy (non-hydrogen) atoms. The van der Waals surface area contributed by atoms with Crippen molar-refractivity contribution in [1.82, 2.24) is 14.5 Å². The maximum atomic E-state index is 11.7. The molecule has 3 heterocycles. The molecule has 0 saturated heterocycles. The summed E-state index contributed by atoms with van der Waals surface area (Å²) in [6, 6.07) is 11.9. The van der Waals surface area contributed by atoms with Crippen molar-refractivity contribution in [2.45, 2.75) is 0 Å². The molecule has 0 radical (unpaired) electrons. The number of nitrogens with one attached hydrogen (secondary N) is 1. The third kappa shape index (κ3) is 2.42. The monoisotopic (exact) mass is 335 g/mol. The molecule has 0 saturated carbocycles. The number of rotatable bonds is 3. The second-order valence-corrected chi connectivity index (χ2v) is 5.85. The Labute approximate surface area is 144 Å². The fraction of sp³-hybridized carbons (Fsp3) is 0.158. The van der Waals surface area contributed by atoms with Gasteiger partial charge in [0.1, 0.15) is 11.4 Å². The van der Waals surface area contributed by atoms with Gasteiger partial charge in [0.05, 0.1) is 31.2 Å².